The van der Waals surface area contributed by atoms with Crippen molar-refractivity contribution >= 4 is 13.6 Å². The van der Waals surface area contributed by atoms with E-state index >= 15 is 0 Å². The highest BCUT2D eigenvalue weighted by molar-refractivity contribution is 6.83. The van der Waals surface area contributed by atoms with Crippen molar-refractivity contribution in [1.29, 1.82) is 0 Å². The molecular weight excluding hydrogens is 188 g/mol. The molecule has 0 radical (unpaired) electrons. The fraction of sp³-hybridized carbons (Fsp3) is 0.333. The van der Waals surface area contributed by atoms with Crippen LogP contribution >= 0.6 is 0 Å². The van der Waals surface area contributed by atoms with Gasteiger partial charge in [0.05, 0.1) is 5.38 Å². The predicted molar refractivity (Wildman–Crippen MR) is 65.0 cm³/mol. The Kier molecular flexibility index (Phi) is 3.16. The van der Waals surface area contributed by atoms with Crippen molar-refractivity contribution in [1.82, 2.24) is 0 Å². The van der Waals surface area contributed by atoms with Crippen LogP contribution in [0.25, 0.3) is 5.57 Å². The number of aliphatic hydroxyl groups excluding tert-OH is 1. The topological polar surface area (TPSA) is 20.2 Å². The number of hydrogen-bond donors (Lipinski definition) is 1. The summed E-state index contributed by atoms with van der Waals surface area (Å²) < 4.78 is 0. The molecule has 1 nitrogen and oxygen atoms in total. The summed E-state index contributed by atoms with van der Waals surface area (Å²) in [6.07, 6.45) is 0. The highest BCUT2D eigenvalue weighted by atomic mass is 28.3. The molecule has 2 heteroatoms. The standard InChI is InChI=1S/C12H18OSi/c1-10(12(13)14(2,3)4)11-8-6-5-7-9-11/h5-9,13H,1-4H3. The molecule has 0 unspecified atom stereocenters. The second kappa shape index (κ2) is 4.01. The van der Waals surface area contributed by atoms with E-state index in [1.165, 1.54) is 0 Å². The van der Waals surface area contributed by atoms with Crippen LogP contribution in [-0.2, 0) is 0 Å². The van der Waals surface area contributed by atoms with Gasteiger partial charge in [-0.1, -0.05) is 50.0 Å². The van der Waals surface area contributed by atoms with Crippen molar-refractivity contribution in [3.05, 3.63) is 41.3 Å². The van der Waals surface area contributed by atoms with Gasteiger partial charge in [0, 0.05) is 0 Å². The highest BCUT2D eigenvalue weighted by Gasteiger charge is 2.21. The Morgan fingerprint density at radius 1 is 1.07 bits per heavy atom. The van der Waals surface area contributed by atoms with Gasteiger partial charge in [0.25, 0.3) is 0 Å². The largest absolute Gasteiger partial charge is 0.517 e. The first-order chi connectivity index (χ1) is 6.43. The van der Waals surface area contributed by atoms with Gasteiger partial charge < -0.3 is 5.11 Å². The molecule has 0 saturated carbocycles. The van der Waals surface area contributed by atoms with Gasteiger partial charge in [-0.05, 0) is 18.1 Å². The first kappa shape index (κ1) is 11.1. The van der Waals surface area contributed by atoms with Gasteiger partial charge in [-0.25, -0.2) is 0 Å². The first-order valence-corrected chi connectivity index (χ1v) is 8.38. The Bertz CT molecular complexity index is 333. The summed E-state index contributed by atoms with van der Waals surface area (Å²) in [5.74, 6) is 0. The Morgan fingerprint density at radius 3 is 2.00 bits per heavy atom. The number of allylic oxidation sites excluding steroid dienone is 1. The smallest absolute Gasteiger partial charge is 0.122 e. The predicted octanol–water partition coefficient (Wildman–Crippen LogP) is 3.85. The van der Waals surface area contributed by atoms with Crippen LogP contribution in [0.2, 0.25) is 19.6 Å². The maximum absolute atomic E-state index is 10.0. The lowest BCUT2D eigenvalue weighted by Gasteiger charge is -2.18. The minimum atomic E-state index is -1.57. The molecule has 0 spiro atoms. The van der Waals surface area contributed by atoms with Gasteiger partial charge in [0.2, 0.25) is 0 Å². The van der Waals surface area contributed by atoms with Crippen LogP contribution in [0.3, 0.4) is 0 Å². The lowest BCUT2D eigenvalue weighted by molar-refractivity contribution is 0.446. The minimum absolute atomic E-state index is 0.601. The van der Waals surface area contributed by atoms with E-state index in [9.17, 15) is 5.11 Å². The maximum atomic E-state index is 10.0. The van der Waals surface area contributed by atoms with Gasteiger partial charge in [-0.3, -0.25) is 0 Å². The normalized spacial score (nSPS) is 13.7. The third kappa shape index (κ3) is 2.48. The lowest BCUT2D eigenvalue weighted by Crippen LogP contribution is -2.24. The first-order valence-electron chi connectivity index (χ1n) is 4.88. The van der Waals surface area contributed by atoms with Crippen molar-refractivity contribution in [2.75, 3.05) is 0 Å². The average Bonchev–Trinajstić information content (AvgIpc) is 2.15. The van der Waals surface area contributed by atoms with Crippen molar-refractivity contribution in [3.63, 3.8) is 0 Å². The zero-order chi connectivity index (χ0) is 10.8. The lowest BCUT2D eigenvalue weighted by atomic mass is 10.1. The molecule has 1 aromatic carbocycles. The van der Waals surface area contributed by atoms with Gasteiger partial charge >= 0.3 is 0 Å². The fourth-order valence-corrected chi connectivity index (χ4v) is 2.66. The molecule has 14 heavy (non-hydrogen) atoms. The number of aliphatic hydroxyl groups is 1. The van der Waals surface area contributed by atoms with Gasteiger partial charge in [-0.2, -0.15) is 0 Å². The molecule has 76 valence electrons. The zero-order valence-electron chi connectivity index (χ0n) is 9.33. The molecule has 0 aromatic heterocycles. The molecule has 0 aliphatic carbocycles. The molecular formula is C12H18OSi. The van der Waals surface area contributed by atoms with Crippen LogP contribution in [-0.4, -0.2) is 13.2 Å². The summed E-state index contributed by atoms with van der Waals surface area (Å²) in [4.78, 5) is 0. The van der Waals surface area contributed by atoms with E-state index in [1.807, 2.05) is 37.3 Å². The fourth-order valence-electron chi connectivity index (χ4n) is 1.39. The third-order valence-electron chi connectivity index (χ3n) is 2.27. The Balaban J connectivity index is 3.12. The van der Waals surface area contributed by atoms with Gasteiger partial charge in [0.15, 0.2) is 0 Å². The summed E-state index contributed by atoms with van der Waals surface area (Å²) in [6.45, 7) is 8.43. The molecule has 0 aliphatic heterocycles. The van der Waals surface area contributed by atoms with Crippen LogP contribution in [0.1, 0.15) is 12.5 Å². The number of hydrogen-bond acceptors (Lipinski definition) is 1. The molecule has 0 bridgehead atoms. The van der Waals surface area contributed by atoms with Crippen molar-refractivity contribution in [2.45, 2.75) is 26.6 Å². The summed E-state index contributed by atoms with van der Waals surface area (Å²) in [6, 6.07) is 10.0. The Hall–Kier alpha value is -1.02. The molecule has 0 aliphatic rings. The van der Waals surface area contributed by atoms with E-state index in [-0.39, 0.29) is 0 Å². The zero-order valence-corrected chi connectivity index (χ0v) is 10.3. The summed E-state index contributed by atoms with van der Waals surface area (Å²) in [5, 5.41) is 10.6. The molecule has 1 aromatic rings. The SMILES string of the molecule is CC(=C(O)[Si](C)(C)C)c1ccccc1. The van der Waals surface area contributed by atoms with Crippen LogP contribution in [0, 0.1) is 0 Å². The summed E-state index contributed by atoms with van der Waals surface area (Å²) >= 11 is 0. The number of benzene rings is 1. The van der Waals surface area contributed by atoms with Gasteiger partial charge in [0.1, 0.15) is 8.07 Å². The molecule has 0 saturated heterocycles. The molecule has 0 amide bonds. The Labute approximate surface area is 87.1 Å². The van der Waals surface area contributed by atoms with Crippen molar-refractivity contribution in [3.8, 4) is 0 Å². The van der Waals surface area contributed by atoms with E-state index in [2.05, 4.69) is 19.6 Å². The van der Waals surface area contributed by atoms with Crippen LogP contribution in [0.4, 0.5) is 0 Å². The summed E-state index contributed by atoms with van der Waals surface area (Å²) in [7, 11) is -1.57. The van der Waals surface area contributed by atoms with E-state index in [0.717, 1.165) is 11.1 Å². The molecule has 0 heterocycles. The van der Waals surface area contributed by atoms with Crippen LogP contribution < -0.4 is 0 Å². The number of rotatable bonds is 2. The molecule has 1 N–H and O–H groups in total. The van der Waals surface area contributed by atoms with E-state index < -0.39 is 8.07 Å². The Morgan fingerprint density at radius 2 is 1.57 bits per heavy atom. The summed E-state index contributed by atoms with van der Waals surface area (Å²) in [5.41, 5.74) is 2.14. The average molecular weight is 206 g/mol. The molecule has 0 fully saturated rings. The van der Waals surface area contributed by atoms with E-state index in [4.69, 9.17) is 0 Å². The van der Waals surface area contributed by atoms with E-state index in [1.54, 1.807) is 0 Å². The van der Waals surface area contributed by atoms with Crippen molar-refractivity contribution < 1.29 is 5.11 Å². The van der Waals surface area contributed by atoms with Gasteiger partial charge in [-0.15, -0.1) is 0 Å². The second-order valence-corrected chi connectivity index (χ2v) is 9.56. The van der Waals surface area contributed by atoms with Crippen LogP contribution in [0.5, 0.6) is 0 Å². The monoisotopic (exact) mass is 206 g/mol. The molecule has 0 atom stereocenters. The van der Waals surface area contributed by atoms with E-state index in [0.29, 0.717) is 5.38 Å². The minimum Gasteiger partial charge on any atom is -0.517 e. The van der Waals surface area contributed by atoms with Crippen LogP contribution in [0.15, 0.2) is 35.7 Å². The third-order valence-corrected chi connectivity index (χ3v) is 4.07. The maximum Gasteiger partial charge on any atom is 0.122 e. The quantitative estimate of drug-likeness (QED) is 0.575. The van der Waals surface area contributed by atoms with Crippen molar-refractivity contribution in [2.24, 2.45) is 0 Å². The highest BCUT2D eigenvalue weighted by Crippen LogP contribution is 2.22. The second-order valence-electron chi connectivity index (χ2n) is 4.59. The molecule has 1 rings (SSSR count).